The molecule has 26 heavy (non-hydrogen) atoms. The van der Waals surface area contributed by atoms with Gasteiger partial charge in [0.05, 0.1) is 19.9 Å². The van der Waals surface area contributed by atoms with Crippen LogP contribution in [0.5, 0.6) is 11.5 Å². The Bertz CT molecular complexity index is 743. The molecule has 6 heteroatoms. The lowest BCUT2D eigenvalue weighted by atomic mass is 9.97. The van der Waals surface area contributed by atoms with Gasteiger partial charge in [-0.15, -0.1) is 0 Å². The van der Waals surface area contributed by atoms with E-state index in [1.54, 1.807) is 20.3 Å². The van der Waals surface area contributed by atoms with Crippen LogP contribution < -0.4 is 15.2 Å². The Morgan fingerprint density at radius 3 is 2.50 bits per heavy atom. The first-order valence-corrected chi connectivity index (χ1v) is 8.95. The first kappa shape index (κ1) is 18.5. The smallest absolute Gasteiger partial charge is 0.128 e. The number of aliphatic hydroxyl groups excluding tert-OH is 1. The number of nitrogens with zero attached hydrogens (tertiary/aromatic N) is 2. The summed E-state index contributed by atoms with van der Waals surface area (Å²) < 4.78 is 11.3. The SMILES string of the molecule is COc1cc(-c2cccc(N)n2)c(OC)cc1CN1CCC(CO)CC1. The van der Waals surface area contributed by atoms with Gasteiger partial charge in [-0.25, -0.2) is 4.98 Å². The van der Waals surface area contributed by atoms with Gasteiger partial charge in [0.25, 0.3) is 0 Å². The molecule has 1 aliphatic heterocycles. The Morgan fingerprint density at radius 1 is 1.15 bits per heavy atom. The third-order valence-electron chi connectivity index (χ3n) is 5.01. The van der Waals surface area contributed by atoms with E-state index < -0.39 is 0 Å². The molecule has 6 nitrogen and oxygen atoms in total. The Morgan fingerprint density at radius 2 is 1.88 bits per heavy atom. The molecule has 0 atom stereocenters. The van der Waals surface area contributed by atoms with E-state index in [4.69, 9.17) is 15.2 Å². The quantitative estimate of drug-likeness (QED) is 0.827. The zero-order valence-corrected chi connectivity index (χ0v) is 15.4. The first-order chi connectivity index (χ1) is 12.6. The maximum Gasteiger partial charge on any atom is 0.128 e. The van der Waals surface area contributed by atoms with Crippen molar-refractivity contribution in [1.29, 1.82) is 0 Å². The molecule has 1 fully saturated rings. The number of benzene rings is 1. The van der Waals surface area contributed by atoms with Gasteiger partial charge in [-0.2, -0.15) is 0 Å². The molecule has 1 saturated heterocycles. The number of likely N-dealkylation sites (tertiary alicyclic amines) is 1. The van der Waals surface area contributed by atoms with E-state index in [-0.39, 0.29) is 6.61 Å². The summed E-state index contributed by atoms with van der Waals surface area (Å²) >= 11 is 0. The van der Waals surface area contributed by atoms with Crippen LogP contribution in [0.3, 0.4) is 0 Å². The van der Waals surface area contributed by atoms with Crippen LogP contribution in [0.4, 0.5) is 5.82 Å². The Balaban J connectivity index is 1.87. The number of ether oxygens (including phenoxy) is 2. The number of methoxy groups -OCH3 is 2. The highest BCUT2D eigenvalue weighted by Crippen LogP contribution is 2.36. The van der Waals surface area contributed by atoms with Crippen molar-refractivity contribution >= 4 is 5.82 Å². The van der Waals surface area contributed by atoms with Crippen LogP contribution in [0.2, 0.25) is 0 Å². The van der Waals surface area contributed by atoms with E-state index in [0.717, 1.165) is 60.8 Å². The highest BCUT2D eigenvalue weighted by Gasteiger charge is 2.21. The normalized spacial score (nSPS) is 15.8. The van der Waals surface area contributed by atoms with Gasteiger partial charge < -0.3 is 20.3 Å². The van der Waals surface area contributed by atoms with Crippen molar-refractivity contribution < 1.29 is 14.6 Å². The van der Waals surface area contributed by atoms with Gasteiger partial charge in [-0.1, -0.05) is 6.07 Å². The predicted octanol–water partition coefficient (Wildman–Crippen LogP) is 2.55. The molecule has 0 radical (unpaired) electrons. The molecule has 2 aromatic rings. The zero-order valence-electron chi connectivity index (χ0n) is 15.4. The third-order valence-corrected chi connectivity index (χ3v) is 5.01. The highest BCUT2D eigenvalue weighted by molar-refractivity contribution is 5.71. The molecule has 1 aromatic carbocycles. The van der Waals surface area contributed by atoms with Crippen molar-refractivity contribution in [3.05, 3.63) is 35.9 Å². The summed E-state index contributed by atoms with van der Waals surface area (Å²) in [5, 5.41) is 9.31. The highest BCUT2D eigenvalue weighted by atomic mass is 16.5. The van der Waals surface area contributed by atoms with Gasteiger partial charge in [0, 0.05) is 24.3 Å². The number of aromatic nitrogens is 1. The van der Waals surface area contributed by atoms with Gasteiger partial charge in [-0.3, -0.25) is 4.90 Å². The molecule has 140 valence electrons. The number of anilines is 1. The molecule has 1 aromatic heterocycles. The lowest BCUT2D eigenvalue weighted by Crippen LogP contribution is -2.34. The standard InChI is InChI=1S/C20H27N3O3/c1-25-18-11-16(17-4-3-5-20(21)22-17)19(26-2)10-15(18)12-23-8-6-14(13-24)7-9-23/h3-5,10-11,14,24H,6-9,12-13H2,1-2H3,(H2,21,22). The Labute approximate surface area is 154 Å². The molecule has 3 rings (SSSR count). The molecule has 0 spiro atoms. The second-order valence-electron chi connectivity index (χ2n) is 6.71. The van der Waals surface area contributed by atoms with E-state index in [1.165, 1.54) is 0 Å². The molecular formula is C20H27N3O3. The summed E-state index contributed by atoms with van der Waals surface area (Å²) in [7, 11) is 3.34. The van der Waals surface area contributed by atoms with E-state index >= 15 is 0 Å². The Hall–Kier alpha value is -2.31. The maximum absolute atomic E-state index is 9.31. The number of aliphatic hydroxyl groups is 1. The molecule has 0 unspecified atom stereocenters. The maximum atomic E-state index is 9.31. The van der Waals surface area contributed by atoms with Crippen molar-refractivity contribution in [1.82, 2.24) is 9.88 Å². The van der Waals surface area contributed by atoms with E-state index in [2.05, 4.69) is 9.88 Å². The van der Waals surface area contributed by atoms with Crippen molar-refractivity contribution in [2.45, 2.75) is 19.4 Å². The van der Waals surface area contributed by atoms with E-state index in [0.29, 0.717) is 11.7 Å². The lowest BCUT2D eigenvalue weighted by molar-refractivity contribution is 0.126. The zero-order chi connectivity index (χ0) is 18.5. The largest absolute Gasteiger partial charge is 0.496 e. The van der Waals surface area contributed by atoms with Crippen LogP contribution in [0.25, 0.3) is 11.3 Å². The summed E-state index contributed by atoms with van der Waals surface area (Å²) in [6.07, 6.45) is 2.06. The van der Waals surface area contributed by atoms with Crippen molar-refractivity contribution in [2.24, 2.45) is 5.92 Å². The molecule has 0 amide bonds. The minimum Gasteiger partial charge on any atom is -0.496 e. The van der Waals surface area contributed by atoms with Crippen LogP contribution in [-0.2, 0) is 6.54 Å². The number of nitrogens with two attached hydrogens (primary N) is 1. The van der Waals surface area contributed by atoms with Crippen LogP contribution in [0.1, 0.15) is 18.4 Å². The number of rotatable bonds is 6. The van der Waals surface area contributed by atoms with Crippen molar-refractivity contribution in [3.63, 3.8) is 0 Å². The molecule has 0 aliphatic carbocycles. The van der Waals surface area contributed by atoms with Gasteiger partial charge in [0.2, 0.25) is 0 Å². The summed E-state index contributed by atoms with van der Waals surface area (Å²) in [5.41, 5.74) is 8.53. The van der Waals surface area contributed by atoms with Gasteiger partial charge in [-0.05, 0) is 56.1 Å². The van der Waals surface area contributed by atoms with Crippen LogP contribution >= 0.6 is 0 Å². The van der Waals surface area contributed by atoms with Gasteiger partial charge in [0.15, 0.2) is 0 Å². The molecular weight excluding hydrogens is 330 g/mol. The van der Waals surface area contributed by atoms with Gasteiger partial charge >= 0.3 is 0 Å². The fourth-order valence-electron chi connectivity index (χ4n) is 3.45. The molecule has 0 bridgehead atoms. The second kappa shape index (κ2) is 8.38. The van der Waals surface area contributed by atoms with Crippen molar-refractivity contribution in [2.75, 3.05) is 39.6 Å². The minimum absolute atomic E-state index is 0.285. The van der Waals surface area contributed by atoms with E-state index in [1.807, 2.05) is 24.3 Å². The molecule has 0 saturated carbocycles. The number of hydrogen-bond acceptors (Lipinski definition) is 6. The van der Waals surface area contributed by atoms with Crippen LogP contribution in [-0.4, -0.2) is 48.9 Å². The number of nitrogen functional groups attached to an aromatic ring is 1. The lowest BCUT2D eigenvalue weighted by Gasteiger charge is -2.31. The average Bonchev–Trinajstić information content (AvgIpc) is 2.68. The summed E-state index contributed by atoms with van der Waals surface area (Å²) in [6, 6.07) is 9.54. The molecule has 1 aliphatic rings. The molecule has 3 N–H and O–H groups in total. The first-order valence-electron chi connectivity index (χ1n) is 8.95. The molecule has 2 heterocycles. The number of pyridine rings is 1. The fraction of sp³-hybridized carbons (Fsp3) is 0.450. The summed E-state index contributed by atoms with van der Waals surface area (Å²) in [6.45, 7) is 3.04. The topological polar surface area (TPSA) is 80.8 Å². The number of piperidine rings is 1. The van der Waals surface area contributed by atoms with E-state index in [9.17, 15) is 5.11 Å². The third kappa shape index (κ3) is 4.08. The minimum atomic E-state index is 0.285. The van der Waals surface area contributed by atoms with Crippen LogP contribution in [0, 0.1) is 5.92 Å². The van der Waals surface area contributed by atoms with Gasteiger partial charge in [0.1, 0.15) is 17.3 Å². The number of hydrogen-bond donors (Lipinski definition) is 2. The second-order valence-corrected chi connectivity index (χ2v) is 6.71. The Kier molecular flexibility index (Phi) is 5.96. The fourth-order valence-corrected chi connectivity index (χ4v) is 3.45. The van der Waals surface area contributed by atoms with Crippen molar-refractivity contribution in [3.8, 4) is 22.8 Å². The summed E-state index contributed by atoms with van der Waals surface area (Å²) in [5.74, 6) is 2.47. The monoisotopic (exact) mass is 357 g/mol. The summed E-state index contributed by atoms with van der Waals surface area (Å²) in [4.78, 5) is 6.79. The average molecular weight is 357 g/mol. The van der Waals surface area contributed by atoms with Crippen LogP contribution in [0.15, 0.2) is 30.3 Å². The predicted molar refractivity (Wildman–Crippen MR) is 102 cm³/mol.